The maximum Gasteiger partial charge on any atom is 0.326 e. The number of carboxylic acid groups (broad SMARTS) is 1. The van der Waals surface area contributed by atoms with E-state index >= 15 is 0 Å². The normalized spacial score (nSPS) is 27.7. The third-order valence-corrected chi connectivity index (χ3v) is 4.73. The minimum atomic E-state index is -0.825. The zero-order chi connectivity index (χ0) is 15.1. The van der Waals surface area contributed by atoms with Gasteiger partial charge in [0.2, 0.25) is 0 Å². The van der Waals surface area contributed by atoms with Crippen molar-refractivity contribution >= 4 is 17.3 Å². The van der Waals surface area contributed by atoms with Gasteiger partial charge in [0.1, 0.15) is 6.04 Å². The van der Waals surface area contributed by atoms with Crippen molar-refractivity contribution in [2.75, 3.05) is 11.4 Å². The molecule has 1 saturated heterocycles. The van der Waals surface area contributed by atoms with Gasteiger partial charge in [-0.2, -0.15) is 0 Å². The first kappa shape index (κ1) is 13.9. The number of nitro groups is 1. The molecule has 1 aromatic carbocycles. The Morgan fingerprint density at radius 2 is 2.14 bits per heavy atom. The number of carbonyl (C=O) groups is 1. The smallest absolute Gasteiger partial charge is 0.326 e. The molecule has 2 fully saturated rings. The van der Waals surface area contributed by atoms with Crippen LogP contribution in [0.5, 0.6) is 0 Å². The molecule has 2 aliphatic rings. The molecule has 1 heterocycles. The molecule has 0 spiro atoms. The van der Waals surface area contributed by atoms with Crippen LogP contribution in [0.15, 0.2) is 18.2 Å². The Kier molecular flexibility index (Phi) is 3.31. The Hall–Kier alpha value is -2.11. The van der Waals surface area contributed by atoms with Crippen molar-refractivity contribution in [2.24, 2.45) is 11.8 Å². The predicted octanol–water partition coefficient (Wildman–Crippen LogP) is 2.59. The molecule has 0 aromatic heterocycles. The van der Waals surface area contributed by atoms with Gasteiger partial charge >= 0.3 is 5.97 Å². The number of aliphatic carboxylic acids is 1. The molecule has 1 aliphatic carbocycles. The first-order chi connectivity index (χ1) is 9.97. The van der Waals surface area contributed by atoms with Crippen LogP contribution in [-0.2, 0) is 4.79 Å². The first-order valence-electron chi connectivity index (χ1n) is 7.23. The average molecular weight is 290 g/mol. The van der Waals surface area contributed by atoms with E-state index in [9.17, 15) is 20.0 Å². The molecule has 6 heteroatoms. The third-order valence-electron chi connectivity index (χ3n) is 4.73. The Bertz CT molecular complexity index is 601. The highest BCUT2D eigenvalue weighted by Crippen LogP contribution is 2.44. The minimum Gasteiger partial charge on any atom is -0.480 e. The van der Waals surface area contributed by atoms with Crippen LogP contribution in [0.3, 0.4) is 0 Å². The second-order valence-corrected chi connectivity index (χ2v) is 6.07. The van der Waals surface area contributed by atoms with Gasteiger partial charge in [-0.3, -0.25) is 10.1 Å². The maximum absolute atomic E-state index is 11.7. The molecule has 0 bridgehead atoms. The fourth-order valence-corrected chi connectivity index (χ4v) is 3.90. The van der Waals surface area contributed by atoms with Gasteiger partial charge in [-0.15, -0.1) is 0 Å². The van der Waals surface area contributed by atoms with E-state index in [2.05, 4.69) is 0 Å². The highest BCUT2D eigenvalue weighted by atomic mass is 16.6. The predicted molar refractivity (Wildman–Crippen MR) is 77.4 cm³/mol. The molecule has 1 saturated carbocycles. The van der Waals surface area contributed by atoms with Crippen LogP contribution in [0.25, 0.3) is 0 Å². The Labute approximate surface area is 122 Å². The van der Waals surface area contributed by atoms with E-state index < -0.39 is 16.9 Å². The van der Waals surface area contributed by atoms with Gasteiger partial charge in [0.15, 0.2) is 0 Å². The molecule has 6 nitrogen and oxygen atoms in total. The van der Waals surface area contributed by atoms with E-state index in [1.54, 1.807) is 6.92 Å². The van der Waals surface area contributed by atoms with Crippen molar-refractivity contribution in [1.82, 2.24) is 0 Å². The van der Waals surface area contributed by atoms with Gasteiger partial charge in [0, 0.05) is 24.4 Å². The number of benzene rings is 1. The number of rotatable bonds is 3. The Balaban J connectivity index is 1.99. The molecule has 0 amide bonds. The van der Waals surface area contributed by atoms with Crippen molar-refractivity contribution in [3.05, 3.63) is 33.9 Å². The van der Waals surface area contributed by atoms with Crippen LogP contribution in [0, 0.1) is 28.9 Å². The van der Waals surface area contributed by atoms with Crippen LogP contribution in [-0.4, -0.2) is 28.6 Å². The summed E-state index contributed by atoms with van der Waals surface area (Å²) in [6.45, 7) is 2.48. The summed E-state index contributed by atoms with van der Waals surface area (Å²) in [6.07, 6.45) is 3.08. The molecule has 3 rings (SSSR count). The first-order valence-corrected chi connectivity index (χ1v) is 7.23. The van der Waals surface area contributed by atoms with E-state index in [0.29, 0.717) is 18.2 Å². The van der Waals surface area contributed by atoms with Crippen molar-refractivity contribution in [3.63, 3.8) is 0 Å². The average Bonchev–Trinajstić information content (AvgIpc) is 2.96. The van der Waals surface area contributed by atoms with Gasteiger partial charge < -0.3 is 10.0 Å². The van der Waals surface area contributed by atoms with E-state index in [0.717, 1.165) is 24.8 Å². The lowest BCUT2D eigenvalue weighted by atomic mass is 9.94. The molecule has 3 atom stereocenters. The summed E-state index contributed by atoms with van der Waals surface area (Å²) in [7, 11) is 0. The number of hydrogen-bond acceptors (Lipinski definition) is 4. The van der Waals surface area contributed by atoms with Crippen LogP contribution < -0.4 is 4.90 Å². The summed E-state index contributed by atoms with van der Waals surface area (Å²) in [4.78, 5) is 24.1. The molecule has 1 N–H and O–H groups in total. The quantitative estimate of drug-likeness (QED) is 0.683. The number of anilines is 1. The van der Waals surface area contributed by atoms with Crippen LogP contribution in [0.2, 0.25) is 0 Å². The van der Waals surface area contributed by atoms with E-state index in [1.165, 1.54) is 12.1 Å². The van der Waals surface area contributed by atoms with Crippen molar-refractivity contribution < 1.29 is 14.8 Å². The van der Waals surface area contributed by atoms with Gasteiger partial charge in [-0.1, -0.05) is 6.42 Å². The fourth-order valence-electron chi connectivity index (χ4n) is 3.90. The lowest BCUT2D eigenvalue weighted by Crippen LogP contribution is -2.39. The molecule has 1 aromatic rings. The van der Waals surface area contributed by atoms with Gasteiger partial charge in [0.05, 0.1) is 4.92 Å². The molecule has 0 radical (unpaired) electrons. The largest absolute Gasteiger partial charge is 0.480 e. The number of hydrogen-bond donors (Lipinski definition) is 1. The van der Waals surface area contributed by atoms with Crippen molar-refractivity contribution in [2.45, 2.75) is 32.2 Å². The number of non-ortho nitro benzene ring substituents is 1. The van der Waals surface area contributed by atoms with E-state index in [4.69, 9.17) is 0 Å². The monoisotopic (exact) mass is 290 g/mol. The van der Waals surface area contributed by atoms with Crippen LogP contribution in [0.4, 0.5) is 11.4 Å². The molecule has 3 unspecified atom stereocenters. The number of nitro benzene ring substituents is 1. The standard InChI is InChI=1S/C15H18N2O4/c1-9-5-11(7-12(6-9)17(20)21)16-8-10-3-2-4-13(10)14(16)15(18)19/h5-7,10,13-14H,2-4,8H2,1H3,(H,18,19). The van der Waals surface area contributed by atoms with E-state index in [1.807, 2.05) is 11.0 Å². The summed E-state index contributed by atoms with van der Waals surface area (Å²) in [5, 5.41) is 20.6. The van der Waals surface area contributed by atoms with E-state index in [-0.39, 0.29) is 11.6 Å². The lowest BCUT2D eigenvalue weighted by molar-refractivity contribution is -0.384. The minimum absolute atomic E-state index is 0.0196. The zero-order valence-electron chi connectivity index (χ0n) is 11.9. The second kappa shape index (κ2) is 5.02. The molecular weight excluding hydrogens is 272 g/mol. The Morgan fingerprint density at radius 1 is 1.38 bits per heavy atom. The zero-order valence-corrected chi connectivity index (χ0v) is 11.9. The number of aryl methyl sites for hydroxylation is 1. The van der Waals surface area contributed by atoms with Crippen molar-refractivity contribution in [3.8, 4) is 0 Å². The summed E-state index contributed by atoms with van der Waals surface area (Å²) >= 11 is 0. The summed E-state index contributed by atoms with van der Waals surface area (Å²) in [5.74, 6) is -0.263. The second-order valence-electron chi connectivity index (χ2n) is 6.07. The van der Waals surface area contributed by atoms with Crippen LogP contribution >= 0.6 is 0 Å². The molecule has 112 valence electrons. The van der Waals surface area contributed by atoms with Gasteiger partial charge in [-0.25, -0.2) is 4.79 Å². The Morgan fingerprint density at radius 3 is 2.81 bits per heavy atom. The third kappa shape index (κ3) is 2.34. The van der Waals surface area contributed by atoms with Gasteiger partial charge in [0.25, 0.3) is 5.69 Å². The number of fused-ring (bicyclic) bond motifs is 1. The fraction of sp³-hybridized carbons (Fsp3) is 0.533. The lowest BCUT2D eigenvalue weighted by Gasteiger charge is -2.26. The number of carboxylic acids is 1. The maximum atomic E-state index is 11.7. The molecular formula is C15H18N2O4. The summed E-state index contributed by atoms with van der Waals surface area (Å²) in [5.41, 5.74) is 1.45. The van der Waals surface area contributed by atoms with Crippen LogP contribution in [0.1, 0.15) is 24.8 Å². The topological polar surface area (TPSA) is 83.7 Å². The molecule has 1 aliphatic heterocycles. The van der Waals surface area contributed by atoms with Gasteiger partial charge in [-0.05, 0) is 43.2 Å². The highest BCUT2D eigenvalue weighted by molar-refractivity contribution is 5.80. The summed E-state index contributed by atoms with van der Waals surface area (Å²) < 4.78 is 0. The summed E-state index contributed by atoms with van der Waals surface area (Å²) in [6, 6.07) is 4.28. The number of nitrogens with zero attached hydrogens (tertiary/aromatic N) is 2. The molecule has 21 heavy (non-hydrogen) atoms. The van der Waals surface area contributed by atoms with Crippen molar-refractivity contribution in [1.29, 1.82) is 0 Å². The highest BCUT2D eigenvalue weighted by Gasteiger charge is 2.48. The SMILES string of the molecule is Cc1cc(N2CC3CCCC3C2C(=O)O)cc([N+](=O)[O-])c1.